The number of hydrogen-bond acceptors (Lipinski definition) is 7. The molecule has 1 heterocycles. The number of nitrogens with zero attached hydrogens (tertiary/aromatic N) is 4. The molecule has 0 saturated heterocycles. The van der Waals surface area contributed by atoms with Crippen molar-refractivity contribution in [2.75, 3.05) is 11.1 Å². The number of rotatable bonds is 10. The average Bonchev–Trinajstić information content (AvgIpc) is 3.14. The van der Waals surface area contributed by atoms with Crippen LogP contribution in [0.1, 0.15) is 5.82 Å². The lowest BCUT2D eigenvalue weighted by molar-refractivity contribution is -0.384. The summed E-state index contributed by atoms with van der Waals surface area (Å²) in [5.74, 6) is 1.15. The lowest BCUT2D eigenvalue weighted by Gasteiger charge is -2.09. The Labute approximate surface area is 190 Å². The Hall–Kier alpha value is -3.18. The summed E-state index contributed by atoms with van der Waals surface area (Å²) >= 11 is 4.61. The summed E-state index contributed by atoms with van der Waals surface area (Å²) in [5.41, 5.74) is 0.440. The average molecular weight is 504 g/mol. The van der Waals surface area contributed by atoms with Gasteiger partial charge in [-0.15, -0.1) is 16.8 Å². The maximum atomic E-state index is 12.2. The number of allylic oxidation sites excluding steroid dienone is 1. The van der Waals surface area contributed by atoms with Gasteiger partial charge >= 0.3 is 0 Å². The van der Waals surface area contributed by atoms with Crippen LogP contribution in [0.15, 0.2) is 70.8 Å². The highest BCUT2D eigenvalue weighted by atomic mass is 79.9. The quantitative estimate of drug-likeness (QED) is 0.188. The first-order valence-corrected chi connectivity index (χ1v) is 10.8. The minimum atomic E-state index is -0.494. The molecule has 0 radical (unpaired) electrons. The Morgan fingerprint density at radius 3 is 2.58 bits per heavy atom. The zero-order valence-corrected chi connectivity index (χ0v) is 18.6. The number of aromatic nitrogens is 3. The molecule has 0 aliphatic heterocycles. The van der Waals surface area contributed by atoms with E-state index in [1.54, 1.807) is 6.08 Å². The molecule has 0 aliphatic rings. The number of nitro groups is 1. The van der Waals surface area contributed by atoms with Crippen molar-refractivity contribution >= 4 is 45.0 Å². The number of nitro benzene ring substituents is 1. The Kier molecular flexibility index (Phi) is 7.79. The maximum Gasteiger partial charge on any atom is 0.269 e. The molecule has 0 spiro atoms. The number of carbonyl (C=O) groups is 1. The molecule has 160 valence electrons. The number of non-ortho nitro benzene ring substituents is 1. The Morgan fingerprint density at radius 1 is 1.23 bits per heavy atom. The molecule has 11 heteroatoms. The van der Waals surface area contributed by atoms with Gasteiger partial charge in [0, 0.05) is 28.8 Å². The molecule has 0 atom stereocenters. The first-order chi connectivity index (χ1) is 15.0. The monoisotopic (exact) mass is 503 g/mol. The van der Waals surface area contributed by atoms with E-state index in [1.807, 2.05) is 28.8 Å². The third-order valence-corrected chi connectivity index (χ3v) is 5.48. The van der Waals surface area contributed by atoms with Crippen LogP contribution < -0.4 is 10.1 Å². The van der Waals surface area contributed by atoms with E-state index >= 15 is 0 Å². The molecule has 3 aromatic rings. The summed E-state index contributed by atoms with van der Waals surface area (Å²) in [7, 11) is 0. The number of ether oxygens (including phenoxy) is 1. The van der Waals surface area contributed by atoms with Crippen molar-refractivity contribution in [3.63, 3.8) is 0 Å². The highest BCUT2D eigenvalue weighted by Crippen LogP contribution is 2.21. The normalized spacial score (nSPS) is 10.5. The highest BCUT2D eigenvalue weighted by molar-refractivity contribution is 9.10. The summed E-state index contributed by atoms with van der Waals surface area (Å²) in [6, 6.07) is 13.1. The molecule has 3 rings (SSSR count). The lowest BCUT2D eigenvalue weighted by atomic mass is 10.3. The summed E-state index contributed by atoms with van der Waals surface area (Å²) < 4.78 is 8.55. The van der Waals surface area contributed by atoms with Gasteiger partial charge in [-0.25, -0.2) is 0 Å². The summed E-state index contributed by atoms with van der Waals surface area (Å²) in [6.07, 6.45) is 1.72. The Bertz CT molecular complexity index is 1070. The molecule has 1 aromatic heterocycles. The van der Waals surface area contributed by atoms with Gasteiger partial charge in [0.15, 0.2) is 11.0 Å². The minimum Gasteiger partial charge on any atom is -0.486 e. The molecule has 0 bridgehead atoms. The van der Waals surface area contributed by atoms with Gasteiger partial charge in [0.05, 0.1) is 10.7 Å². The smallest absolute Gasteiger partial charge is 0.269 e. The fourth-order valence-electron chi connectivity index (χ4n) is 2.52. The van der Waals surface area contributed by atoms with E-state index in [0.29, 0.717) is 29.0 Å². The van der Waals surface area contributed by atoms with Gasteiger partial charge in [0.25, 0.3) is 5.69 Å². The van der Waals surface area contributed by atoms with E-state index in [4.69, 9.17) is 4.74 Å². The molecular formula is C20H18BrN5O4S. The SMILES string of the molecule is C=CCn1c(COc2ccc(Br)cc2)nnc1SCC(=O)Nc1ccc([N+](=O)[O-])cc1. The van der Waals surface area contributed by atoms with Crippen LogP contribution in [0.4, 0.5) is 11.4 Å². The summed E-state index contributed by atoms with van der Waals surface area (Å²) in [5, 5.41) is 22.3. The van der Waals surface area contributed by atoms with Gasteiger partial charge in [-0.2, -0.15) is 0 Å². The second-order valence-corrected chi connectivity index (χ2v) is 8.04. The number of benzene rings is 2. The van der Waals surface area contributed by atoms with Gasteiger partial charge < -0.3 is 10.1 Å². The van der Waals surface area contributed by atoms with Crippen LogP contribution in [-0.4, -0.2) is 31.3 Å². The molecule has 1 N–H and O–H groups in total. The predicted molar refractivity (Wildman–Crippen MR) is 121 cm³/mol. The number of halogens is 1. The predicted octanol–water partition coefficient (Wildman–Crippen LogP) is 4.44. The van der Waals surface area contributed by atoms with Crippen molar-refractivity contribution in [3.8, 4) is 5.75 Å². The summed E-state index contributed by atoms with van der Waals surface area (Å²) in [6.45, 7) is 4.45. The zero-order chi connectivity index (χ0) is 22.2. The van der Waals surface area contributed by atoms with Gasteiger partial charge in [-0.1, -0.05) is 33.8 Å². The van der Waals surface area contributed by atoms with E-state index in [0.717, 1.165) is 4.47 Å². The second-order valence-electron chi connectivity index (χ2n) is 6.18. The maximum absolute atomic E-state index is 12.2. The van der Waals surface area contributed by atoms with E-state index in [-0.39, 0.29) is 24.0 Å². The van der Waals surface area contributed by atoms with Crippen LogP contribution in [0.2, 0.25) is 0 Å². The zero-order valence-electron chi connectivity index (χ0n) is 16.2. The molecule has 0 fully saturated rings. The number of nitrogens with one attached hydrogen (secondary N) is 1. The molecule has 0 unspecified atom stereocenters. The van der Waals surface area contributed by atoms with Gasteiger partial charge in [-0.05, 0) is 36.4 Å². The third kappa shape index (κ3) is 6.40. The first-order valence-electron chi connectivity index (χ1n) is 9.04. The van der Waals surface area contributed by atoms with E-state index < -0.39 is 4.92 Å². The van der Waals surface area contributed by atoms with Crippen LogP contribution in [0.3, 0.4) is 0 Å². The molecule has 9 nitrogen and oxygen atoms in total. The largest absolute Gasteiger partial charge is 0.486 e. The van der Waals surface area contributed by atoms with E-state index in [1.165, 1.54) is 36.0 Å². The topological polar surface area (TPSA) is 112 Å². The van der Waals surface area contributed by atoms with Crippen molar-refractivity contribution in [1.29, 1.82) is 0 Å². The van der Waals surface area contributed by atoms with E-state index in [9.17, 15) is 14.9 Å². The number of amides is 1. The summed E-state index contributed by atoms with van der Waals surface area (Å²) in [4.78, 5) is 22.5. The van der Waals surface area contributed by atoms with Crippen LogP contribution in [0.25, 0.3) is 0 Å². The van der Waals surface area contributed by atoms with Gasteiger partial charge in [0.1, 0.15) is 12.4 Å². The molecule has 1 amide bonds. The van der Waals surface area contributed by atoms with E-state index in [2.05, 4.69) is 38.0 Å². The lowest BCUT2D eigenvalue weighted by Crippen LogP contribution is -2.15. The molecule has 31 heavy (non-hydrogen) atoms. The number of carbonyl (C=O) groups excluding carboxylic acids is 1. The van der Waals surface area contributed by atoms with Crippen molar-refractivity contribution in [2.45, 2.75) is 18.3 Å². The van der Waals surface area contributed by atoms with Crippen molar-refractivity contribution in [3.05, 3.63) is 81.6 Å². The molecule has 0 aliphatic carbocycles. The molecule has 0 saturated carbocycles. The first kappa shape index (κ1) is 22.5. The number of anilines is 1. The van der Waals surface area contributed by atoms with Crippen LogP contribution in [0.5, 0.6) is 5.75 Å². The fraction of sp³-hybridized carbons (Fsp3) is 0.150. The second kappa shape index (κ2) is 10.7. The molecule has 2 aromatic carbocycles. The number of hydrogen-bond donors (Lipinski definition) is 1. The van der Waals surface area contributed by atoms with Crippen LogP contribution >= 0.6 is 27.7 Å². The Morgan fingerprint density at radius 2 is 1.94 bits per heavy atom. The number of thioether (sulfide) groups is 1. The van der Waals surface area contributed by atoms with Gasteiger partial charge in [0.2, 0.25) is 5.91 Å². The highest BCUT2D eigenvalue weighted by Gasteiger charge is 2.14. The van der Waals surface area contributed by atoms with Crippen molar-refractivity contribution < 1.29 is 14.5 Å². The Balaban J connectivity index is 1.58. The van der Waals surface area contributed by atoms with Crippen molar-refractivity contribution in [1.82, 2.24) is 14.8 Å². The van der Waals surface area contributed by atoms with Gasteiger partial charge in [-0.3, -0.25) is 19.5 Å². The molecular weight excluding hydrogens is 486 g/mol. The van der Waals surface area contributed by atoms with Crippen LogP contribution in [-0.2, 0) is 17.9 Å². The fourth-order valence-corrected chi connectivity index (χ4v) is 3.55. The van der Waals surface area contributed by atoms with Crippen molar-refractivity contribution in [2.24, 2.45) is 0 Å². The minimum absolute atomic E-state index is 0.0391. The third-order valence-electron chi connectivity index (χ3n) is 3.98. The van der Waals surface area contributed by atoms with Crippen LogP contribution in [0, 0.1) is 10.1 Å². The standard InChI is InChI=1S/C20H18BrN5O4S/c1-2-11-25-18(12-30-17-9-3-14(21)4-10-17)23-24-20(25)31-13-19(27)22-15-5-7-16(8-6-15)26(28)29/h2-10H,1,11-13H2,(H,22,27).